The molecule has 1 saturated heterocycles. The van der Waals surface area contributed by atoms with E-state index in [0.29, 0.717) is 43.1 Å². The number of hydrogen-bond acceptors (Lipinski definition) is 4. The molecule has 30 heavy (non-hydrogen) atoms. The molecule has 1 saturated carbocycles. The fourth-order valence-corrected chi connectivity index (χ4v) is 3.86. The first-order chi connectivity index (χ1) is 14.7. The Morgan fingerprint density at radius 3 is 2.43 bits per heavy atom. The molecule has 2 aromatic rings. The second kappa shape index (κ2) is 9.00. The topological polar surface area (TPSA) is 73.6 Å². The lowest BCUT2D eigenvalue weighted by Gasteiger charge is -2.38. The Labute approximate surface area is 176 Å². The van der Waals surface area contributed by atoms with Gasteiger partial charge in [-0.3, -0.25) is 9.59 Å². The first kappa shape index (κ1) is 20.0. The highest BCUT2D eigenvalue weighted by atomic mass is 16.5. The van der Waals surface area contributed by atoms with Crippen LogP contribution < -0.4 is 4.74 Å². The molecule has 0 radical (unpaired) electrons. The SMILES string of the molecule is N#Cc1ccccc1COc1cccc(C(=O)N2CCN(C(=O)C3CCC3)CC2)c1. The summed E-state index contributed by atoms with van der Waals surface area (Å²) in [5.41, 5.74) is 1.96. The second-order valence-corrected chi connectivity index (χ2v) is 7.83. The Kier molecular flexibility index (Phi) is 5.99. The molecule has 0 N–H and O–H groups in total. The Morgan fingerprint density at radius 2 is 1.73 bits per heavy atom. The fraction of sp³-hybridized carbons (Fsp3) is 0.375. The molecular formula is C24H25N3O3. The third-order valence-electron chi connectivity index (χ3n) is 5.95. The van der Waals surface area contributed by atoms with Crippen LogP contribution in [0.15, 0.2) is 48.5 Å². The minimum absolute atomic E-state index is 0.0476. The van der Waals surface area contributed by atoms with E-state index in [-0.39, 0.29) is 24.3 Å². The average molecular weight is 403 g/mol. The molecule has 0 aromatic heterocycles. The van der Waals surface area contributed by atoms with E-state index in [1.165, 1.54) is 0 Å². The molecule has 0 atom stereocenters. The maximum absolute atomic E-state index is 12.9. The van der Waals surface area contributed by atoms with Crippen LogP contribution in [0.1, 0.15) is 40.7 Å². The van der Waals surface area contributed by atoms with E-state index < -0.39 is 0 Å². The minimum atomic E-state index is -0.0476. The summed E-state index contributed by atoms with van der Waals surface area (Å²) < 4.78 is 5.83. The lowest BCUT2D eigenvalue weighted by Crippen LogP contribution is -2.52. The predicted molar refractivity (Wildman–Crippen MR) is 112 cm³/mol. The summed E-state index contributed by atoms with van der Waals surface area (Å²) in [5, 5.41) is 9.20. The van der Waals surface area contributed by atoms with Gasteiger partial charge in [-0.1, -0.05) is 30.7 Å². The summed E-state index contributed by atoms with van der Waals surface area (Å²) in [7, 11) is 0. The van der Waals surface area contributed by atoms with Crippen LogP contribution in [0.4, 0.5) is 0 Å². The van der Waals surface area contributed by atoms with Crippen LogP contribution in [0, 0.1) is 17.2 Å². The number of carbonyl (C=O) groups excluding carboxylic acids is 2. The molecule has 1 aliphatic carbocycles. The van der Waals surface area contributed by atoms with Gasteiger partial charge in [0.15, 0.2) is 0 Å². The van der Waals surface area contributed by atoms with Crippen molar-refractivity contribution >= 4 is 11.8 Å². The molecule has 2 aliphatic rings. The van der Waals surface area contributed by atoms with Crippen LogP contribution in [-0.4, -0.2) is 47.8 Å². The zero-order chi connectivity index (χ0) is 20.9. The molecule has 1 aliphatic heterocycles. The molecule has 0 bridgehead atoms. The van der Waals surface area contributed by atoms with Gasteiger partial charge in [-0.05, 0) is 37.1 Å². The van der Waals surface area contributed by atoms with Crippen molar-refractivity contribution in [2.24, 2.45) is 5.92 Å². The van der Waals surface area contributed by atoms with Crippen molar-refractivity contribution in [3.05, 3.63) is 65.2 Å². The largest absolute Gasteiger partial charge is 0.489 e. The summed E-state index contributed by atoms with van der Waals surface area (Å²) in [5.74, 6) is 0.995. The van der Waals surface area contributed by atoms with E-state index in [0.717, 1.165) is 24.8 Å². The zero-order valence-electron chi connectivity index (χ0n) is 16.9. The summed E-state index contributed by atoms with van der Waals surface area (Å²) in [4.78, 5) is 29.0. The van der Waals surface area contributed by atoms with Crippen molar-refractivity contribution in [3.63, 3.8) is 0 Å². The van der Waals surface area contributed by atoms with Gasteiger partial charge in [0.05, 0.1) is 11.6 Å². The van der Waals surface area contributed by atoms with Crippen LogP contribution in [0.3, 0.4) is 0 Å². The standard InChI is InChI=1S/C24H25N3O3/c25-16-20-5-1-2-6-21(20)17-30-22-10-4-9-19(15-22)24(29)27-13-11-26(12-14-27)23(28)18-7-3-8-18/h1-2,4-6,9-10,15,18H,3,7-8,11-14,17H2. The van der Waals surface area contributed by atoms with Gasteiger partial charge in [0.1, 0.15) is 12.4 Å². The molecule has 154 valence electrons. The number of hydrogen-bond donors (Lipinski definition) is 0. The third-order valence-corrected chi connectivity index (χ3v) is 5.95. The van der Waals surface area contributed by atoms with Crippen LogP contribution in [0.25, 0.3) is 0 Å². The van der Waals surface area contributed by atoms with Gasteiger partial charge in [0, 0.05) is 43.2 Å². The molecule has 2 aromatic carbocycles. The first-order valence-electron chi connectivity index (χ1n) is 10.4. The Morgan fingerprint density at radius 1 is 1.00 bits per heavy atom. The van der Waals surface area contributed by atoms with Crippen LogP contribution >= 0.6 is 0 Å². The number of rotatable bonds is 5. The number of piperazine rings is 1. The summed E-state index contributed by atoms with van der Waals surface area (Å²) >= 11 is 0. The van der Waals surface area contributed by atoms with Gasteiger partial charge < -0.3 is 14.5 Å². The summed E-state index contributed by atoms with van der Waals surface area (Å²) in [6.07, 6.45) is 3.16. The molecule has 6 heteroatoms. The van der Waals surface area contributed by atoms with Crippen LogP contribution in [0.5, 0.6) is 5.75 Å². The van der Waals surface area contributed by atoms with Crippen LogP contribution in [0.2, 0.25) is 0 Å². The predicted octanol–water partition coefficient (Wildman–Crippen LogP) is 3.22. The van der Waals surface area contributed by atoms with Crippen molar-refractivity contribution in [1.29, 1.82) is 5.26 Å². The molecule has 2 amide bonds. The van der Waals surface area contributed by atoms with Gasteiger partial charge in [-0.25, -0.2) is 0 Å². The van der Waals surface area contributed by atoms with Crippen molar-refractivity contribution in [2.45, 2.75) is 25.9 Å². The number of benzene rings is 2. The molecule has 1 heterocycles. The Bertz CT molecular complexity index is 970. The van der Waals surface area contributed by atoms with E-state index in [1.54, 1.807) is 35.2 Å². The third kappa shape index (κ3) is 4.30. The monoisotopic (exact) mass is 403 g/mol. The molecule has 2 fully saturated rings. The van der Waals surface area contributed by atoms with E-state index in [9.17, 15) is 14.9 Å². The fourth-order valence-electron chi connectivity index (χ4n) is 3.86. The van der Waals surface area contributed by atoms with Gasteiger partial charge in [0.25, 0.3) is 5.91 Å². The van der Waals surface area contributed by atoms with Gasteiger partial charge in [-0.15, -0.1) is 0 Å². The zero-order valence-corrected chi connectivity index (χ0v) is 16.9. The molecular weight excluding hydrogens is 378 g/mol. The normalized spacial score (nSPS) is 16.5. The van der Waals surface area contributed by atoms with Crippen LogP contribution in [-0.2, 0) is 11.4 Å². The second-order valence-electron chi connectivity index (χ2n) is 7.83. The highest BCUT2D eigenvalue weighted by Gasteiger charge is 2.32. The van der Waals surface area contributed by atoms with E-state index in [2.05, 4.69) is 6.07 Å². The lowest BCUT2D eigenvalue weighted by atomic mass is 9.84. The number of amides is 2. The Balaban J connectivity index is 1.35. The van der Waals surface area contributed by atoms with Gasteiger partial charge >= 0.3 is 0 Å². The quantitative estimate of drug-likeness (QED) is 0.768. The molecule has 0 unspecified atom stereocenters. The number of nitriles is 1. The highest BCUT2D eigenvalue weighted by Crippen LogP contribution is 2.28. The van der Waals surface area contributed by atoms with E-state index in [4.69, 9.17) is 4.74 Å². The average Bonchev–Trinajstić information content (AvgIpc) is 2.76. The molecule has 4 rings (SSSR count). The molecule has 0 spiro atoms. The maximum Gasteiger partial charge on any atom is 0.254 e. The number of ether oxygens (including phenoxy) is 1. The van der Waals surface area contributed by atoms with E-state index >= 15 is 0 Å². The first-order valence-corrected chi connectivity index (χ1v) is 10.4. The maximum atomic E-state index is 12.9. The van der Waals surface area contributed by atoms with E-state index in [1.807, 2.05) is 23.1 Å². The van der Waals surface area contributed by atoms with Crippen molar-refractivity contribution in [3.8, 4) is 11.8 Å². The van der Waals surface area contributed by atoms with Gasteiger partial charge in [0.2, 0.25) is 5.91 Å². The number of nitrogens with zero attached hydrogens (tertiary/aromatic N) is 3. The van der Waals surface area contributed by atoms with Crippen molar-refractivity contribution < 1.29 is 14.3 Å². The number of carbonyl (C=O) groups is 2. The highest BCUT2D eigenvalue weighted by molar-refractivity contribution is 5.94. The Hall–Kier alpha value is -3.33. The summed E-state index contributed by atoms with van der Waals surface area (Å²) in [6, 6.07) is 16.6. The minimum Gasteiger partial charge on any atom is -0.489 e. The molecule has 6 nitrogen and oxygen atoms in total. The van der Waals surface area contributed by atoms with Crippen molar-refractivity contribution in [2.75, 3.05) is 26.2 Å². The summed E-state index contributed by atoms with van der Waals surface area (Å²) in [6.45, 7) is 2.57. The van der Waals surface area contributed by atoms with Crippen molar-refractivity contribution in [1.82, 2.24) is 9.80 Å². The smallest absolute Gasteiger partial charge is 0.254 e. The lowest BCUT2D eigenvalue weighted by molar-refractivity contribution is -0.139. The van der Waals surface area contributed by atoms with Gasteiger partial charge in [-0.2, -0.15) is 5.26 Å².